The number of ether oxygens (including phenoxy) is 2. The lowest BCUT2D eigenvalue weighted by atomic mass is 9.97. The third-order valence-electron chi connectivity index (χ3n) is 5.42. The third-order valence-corrected chi connectivity index (χ3v) is 5.42. The molecular formula is C23H42N4O5. The number of likely N-dealkylation sites (tertiary alicyclic amines) is 1. The van der Waals surface area contributed by atoms with Gasteiger partial charge in [0.2, 0.25) is 5.91 Å². The highest BCUT2D eigenvalue weighted by Crippen LogP contribution is 2.19. The molecule has 0 aromatic heterocycles. The number of carbonyl (C=O) groups is 3. The number of piperazine rings is 1. The first-order valence-electron chi connectivity index (χ1n) is 11.8. The summed E-state index contributed by atoms with van der Waals surface area (Å²) < 4.78 is 10.9. The van der Waals surface area contributed by atoms with Crippen molar-refractivity contribution in [2.24, 2.45) is 5.92 Å². The van der Waals surface area contributed by atoms with Gasteiger partial charge in [-0.15, -0.1) is 0 Å². The molecule has 1 unspecified atom stereocenters. The summed E-state index contributed by atoms with van der Waals surface area (Å²) in [5.74, 6) is -0.179. The molecule has 184 valence electrons. The zero-order valence-electron chi connectivity index (χ0n) is 20.7. The quantitative estimate of drug-likeness (QED) is 0.642. The highest BCUT2D eigenvalue weighted by Gasteiger charge is 2.31. The summed E-state index contributed by atoms with van der Waals surface area (Å²) in [6, 6.07) is 0. The molecule has 2 fully saturated rings. The minimum absolute atomic E-state index is 0.00741. The Hall–Kier alpha value is -2.03. The molecule has 0 aromatic rings. The average Bonchev–Trinajstić information content (AvgIpc) is 2.69. The fourth-order valence-electron chi connectivity index (χ4n) is 3.82. The number of nitrogens with one attached hydrogen (secondary N) is 1. The molecule has 1 N–H and O–H groups in total. The van der Waals surface area contributed by atoms with E-state index in [9.17, 15) is 14.4 Å². The first-order chi connectivity index (χ1) is 14.8. The van der Waals surface area contributed by atoms with Gasteiger partial charge in [-0.2, -0.15) is 0 Å². The highest BCUT2D eigenvalue weighted by molar-refractivity contribution is 5.80. The van der Waals surface area contributed by atoms with Crippen LogP contribution >= 0.6 is 0 Å². The van der Waals surface area contributed by atoms with E-state index in [1.165, 1.54) is 0 Å². The first kappa shape index (κ1) is 26.2. The second-order valence-corrected chi connectivity index (χ2v) is 10.7. The summed E-state index contributed by atoms with van der Waals surface area (Å²) >= 11 is 0. The number of hydrogen-bond acceptors (Lipinski definition) is 6. The second kappa shape index (κ2) is 11.2. The molecule has 0 saturated carbocycles. The molecule has 1 atom stereocenters. The summed E-state index contributed by atoms with van der Waals surface area (Å²) in [6.45, 7) is 16.6. The number of amides is 3. The lowest BCUT2D eigenvalue weighted by molar-refractivity contribution is -0.126. The molecule has 2 aliphatic rings. The number of carbonyl (C=O) groups excluding carboxylic acids is 3. The van der Waals surface area contributed by atoms with E-state index in [1.807, 2.05) is 41.5 Å². The Morgan fingerprint density at radius 3 is 1.97 bits per heavy atom. The van der Waals surface area contributed by atoms with Crippen molar-refractivity contribution < 1.29 is 23.9 Å². The SMILES string of the molecule is CC(C)(C)OC(=O)N1CCN(CCCNC(=O)C2CCCN(C(=O)OC(C)(C)C)C2)CC1. The fourth-order valence-corrected chi connectivity index (χ4v) is 3.82. The van der Waals surface area contributed by atoms with Crippen LogP contribution in [0.5, 0.6) is 0 Å². The Bertz CT molecular complexity index is 648. The number of hydrogen-bond donors (Lipinski definition) is 1. The van der Waals surface area contributed by atoms with Gasteiger partial charge >= 0.3 is 12.2 Å². The van der Waals surface area contributed by atoms with Crippen LogP contribution < -0.4 is 5.32 Å². The van der Waals surface area contributed by atoms with Gasteiger partial charge in [0, 0.05) is 45.8 Å². The van der Waals surface area contributed by atoms with Crippen LogP contribution in [0.3, 0.4) is 0 Å². The molecule has 0 bridgehead atoms. The molecule has 0 aromatic carbocycles. The molecule has 2 heterocycles. The Kier molecular flexibility index (Phi) is 9.18. The minimum Gasteiger partial charge on any atom is -0.444 e. The van der Waals surface area contributed by atoms with Crippen LogP contribution in [-0.4, -0.2) is 96.4 Å². The summed E-state index contributed by atoms with van der Waals surface area (Å²) in [6.07, 6.45) is 1.84. The Morgan fingerprint density at radius 2 is 1.41 bits per heavy atom. The van der Waals surface area contributed by atoms with Gasteiger partial charge in [-0.05, 0) is 67.3 Å². The van der Waals surface area contributed by atoms with E-state index in [0.29, 0.717) is 32.7 Å². The van der Waals surface area contributed by atoms with Gasteiger partial charge in [-0.1, -0.05) is 0 Å². The zero-order valence-corrected chi connectivity index (χ0v) is 20.7. The van der Waals surface area contributed by atoms with Crippen LogP contribution in [0.2, 0.25) is 0 Å². The Balaban J connectivity index is 1.63. The molecule has 0 aliphatic carbocycles. The highest BCUT2D eigenvalue weighted by atomic mass is 16.6. The van der Waals surface area contributed by atoms with E-state index in [4.69, 9.17) is 9.47 Å². The molecule has 2 aliphatic heterocycles. The minimum atomic E-state index is -0.537. The van der Waals surface area contributed by atoms with Crippen molar-refractivity contribution in [2.45, 2.75) is 72.0 Å². The van der Waals surface area contributed by atoms with Crippen LogP contribution in [0.25, 0.3) is 0 Å². The maximum absolute atomic E-state index is 12.6. The zero-order chi connectivity index (χ0) is 23.9. The van der Waals surface area contributed by atoms with Gasteiger partial charge in [0.25, 0.3) is 0 Å². The molecule has 0 spiro atoms. The van der Waals surface area contributed by atoms with Crippen molar-refractivity contribution in [3.63, 3.8) is 0 Å². The molecule has 9 heteroatoms. The lowest BCUT2D eigenvalue weighted by Gasteiger charge is -2.35. The molecule has 2 saturated heterocycles. The summed E-state index contributed by atoms with van der Waals surface area (Å²) in [4.78, 5) is 42.7. The van der Waals surface area contributed by atoms with Crippen molar-refractivity contribution in [3.05, 3.63) is 0 Å². The van der Waals surface area contributed by atoms with Crippen LogP contribution in [0.15, 0.2) is 0 Å². The smallest absolute Gasteiger partial charge is 0.410 e. The maximum Gasteiger partial charge on any atom is 0.410 e. The largest absolute Gasteiger partial charge is 0.444 e. The summed E-state index contributed by atoms with van der Waals surface area (Å²) in [5.41, 5.74) is -1.01. The number of rotatable bonds is 5. The van der Waals surface area contributed by atoms with Gasteiger partial charge in [0.05, 0.1) is 5.92 Å². The molecule has 0 radical (unpaired) electrons. The predicted molar refractivity (Wildman–Crippen MR) is 122 cm³/mol. The second-order valence-electron chi connectivity index (χ2n) is 10.7. The Labute approximate surface area is 192 Å². The van der Waals surface area contributed by atoms with Crippen molar-refractivity contribution in [2.75, 3.05) is 52.4 Å². The normalized spacial score (nSPS) is 20.6. The van der Waals surface area contributed by atoms with Gasteiger partial charge in [0.1, 0.15) is 11.2 Å². The van der Waals surface area contributed by atoms with Crippen molar-refractivity contribution >= 4 is 18.1 Å². The molecule has 3 amide bonds. The molecule has 32 heavy (non-hydrogen) atoms. The van der Waals surface area contributed by atoms with E-state index in [0.717, 1.165) is 38.9 Å². The van der Waals surface area contributed by atoms with Gasteiger partial charge < -0.3 is 24.6 Å². The number of nitrogens with zero attached hydrogens (tertiary/aromatic N) is 3. The fraction of sp³-hybridized carbons (Fsp3) is 0.870. The van der Waals surface area contributed by atoms with E-state index in [-0.39, 0.29) is 24.0 Å². The Morgan fingerprint density at radius 1 is 0.844 bits per heavy atom. The third kappa shape index (κ3) is 9.22. The van der Waals surface area contributed by atoms with E-state index >= 15 is 0 Å². The van der Waals surface area contributed by atoms with E-state index in [1.54, 1.807) is 9.80 Å². The van der Waals surface area contributed by atoms with Gasteiger partial charge in [0.15, 0.2) is 0 Å². The van der Waals surface area contributed by atoms with Gasteiger partial charge in [-0.3, -0.25) is 9.69 Å². The van der Waals surface area contributed by atoms with Crippen LogP contribution in [0.1, 0.15) is 60.8 Å². The average molecular weight is 455 g/mol. The van der Waals surface area contributed by atoms with Crippen LogP contribution in [0.4, 0.5) is 9.59 Å². The predicted octanol–water partition coefficient (Wildman–Crippen LogP) is 2.69. The van der Waals surface area contributed by atoms with E-state index < -0.39 is 11.2 Å². The molecule has 2 rings (SSSR count). The summed E-state index contributed by atoms with van der Waals surface area (Å²) in [5, 5.41) is 3.02. The molecular weight excluding hydrogens is 412 g/mol. The molecule has 9 nitrogen and oxygen atoms in total. The number of piperidine rings is 1. The first-order valence-corrected chi connectivity index (χ1v) is 11.8. The van der Waals surface area contributed by atoms with Crippen molar-refractivity contribution in [1.29, 1.82) is 0 Å². The lowest BCUT2D eigenvalue weighted by Crippen LogP contribution is -2.50. The summed E-state index contributed by atoms with van der Waals surface area (Å²) in [7, 11) is 0. The van der Waals surface area contributed by atoms with Crippen molar-refractivity contribution in [3.8, 4) is 0 Å². The van der Waals surface area contributed by atoms with Crippen LogP contribution in [0, 0.1) is 5.92 Å². The standard InChI is InChI=1S/C23H42N4O5/c1-22(2,3)31-20(29)26-15-13-25(14-16-26)11-8-10-24-19(28)18-9-7-12-27(17-18)21(30)32-23(4,5)6/h18H,7-17H2,1-6H3,(H,24,28). The topological polar surface area (TPSA) is 91.4 Å². The van der Waals surface area contributed by atoms with Crippen LogP contribution in [-0.2, 0) is 14.3 Å². The van der Waals surface area contributed by atoms with E-state index in [2.05, 4.69) is 10.2 Å². The van der Waals surface area contributed by atoms with Crippen molar-refractivity contribution in [1.82, 2.24) is 20.0 Å². The maximum atomic E-state index is 12.6. The monoisotopic (exact) mass is 454 g/mol. The van der Waals surface area contributed by atoms with Gasteiger partial charge in [-0.25, -0.2) is 9.59 Å².